The van der Waals surface area contributed by atoms with Gasteiger partial charge in [0.1, 0.15) is 27.8 Å². The molecule has 0 bridgehead atoms. The van der Waals surface area contributed by atoms with Gasteiger partial charge in [-0.3, -0.25) is 14.4 Å². The second-order valence-electron chi connectivity index (χ2n) is 11.4. The molecule has 0 saturated carbocycles. The van der Waals surface area contributed by atoms with Gasteiger partial charge in [0.2, 0.25) is 0 Å². The van der Waals surface area contributed by atoms with Gasteiger partial charge >= 0.3 is 0 Å². The van der Waals surface area contributed by atoms with Crippen molar-refractivity contribution >= 4 is 44.5 Å². The van der Waals surface area contributed by atoms with E-state index in [9.17, 15) is 14.4 Å². The molecule has 4 aromatic heterocycles. The molecule has 4 heterocycles. The molecule has 0 radical (unpaired) electrons. The molecule has 0 amide bonds. The number of rotatable bonds is 11. The van der Waals surface area contributed by atoms with Gasteiger partial charge in [-0.25, -0.2) is 9.37 Å². The molecule has 0 spiro atoms. The molecule has 11 heteroatoms. The lowest BCUT2D eigenvalue weighted by Crippen LogP contribution is -2.22. The Balaban J connectivity index is 1.35. The van der Waals surface area contributed by atoms with Crippen LogP contribution in [0.1, 0.15) is 48.6 Å². The summed E-state index contributed by atoms with van der Waals surface area (Å²) in [6.45, 7) is 5.99. The minimum absolute atomic E-state index is 0.0113. The summed E-state index contributed by atoms with van der Waals surface area (Å²) in [6.07, 6.45) is 10.4. The lowest BCUT2D eigenvalue weighted by molar-refractivity contribution is -0.114. The van der Waals surface area contributed by atoms with Gasteiger partial charge in [-0.2, -0.15) is 9.78 Å². The smallest absolute Gasteiger partial charge is 0.289 e. The molecule has 236 valence electrons. The van der Waals surface area contributed by atoms with Crippen LogP contribution in [0.25, 0.3) is 26.9 Å². The van der Waals surface area contributed by atoms with E-state index >= 15 is 4.39 Å². The molecule has 0 unspecified atom stereocenters. The van der Waals surface area contributed by atoms with Gasteiger partial charge in [-0.1, -0.05) is 19.6 Å². The average Bonchev–Trinajstić information content (AvgIpc) is 3.44. The second-order valence-corrected chi connectivity index (χ2v) is 12.5. The van der Waals surface area contributed by atoms with E-state index in [1.54, 1.807) is 43.7 Å². The number of hydrogen-bond donors (Lipinski definition) is 2. The zero-order valence-electron chi connectivity index (χ0n) is 25.9. The van der Waals surface area contributed by atoms with E-state index in [-0.39, 0.29) is 22.6 Å². The Hall–Kier alpha value is -4.90. The fourth-order valence-corrected chi connectivity index (χ4v) is 7.32. The van der Waals surface area contributed by atoms with E-state index in [4.69, 9.17) is 0 Å². The Kier molecular flexibility index (Phi) is 8.94. The Labute approximate surface area is 269 Å². The van der Waals surface area contributed by atoms with Gasteiger partial charge in [-0.05, 0) is 85.6 Å². The van der Waals surface area contributed by atoms with Gasteiger partial charge < -0.3 is 15.2 Å². The van der Waals surface area contributed by atoms with Crippen LogP contribution >= 0.6 is 11.3 Å². The molecule has 0 atom stereocenters. The molecular weight excluding hydrogens is 603 g/mol. The molecule has 9 nitrogen and oxygen atoms in total. The number of nitrogens with zero attached hydrogens (tertiary/aromatic N) is 4. The summed E-state index contributed by atoms with van der Waals surface area (Å²) in [5.41, 5.74) is 3.23. The van der Waals surface area contributed by atoms with Crippen LogP contribution in [0.15, 0.2) is 71.0 Å². The van der Waals surface area contributed by atoms with Crippen molar-refractivity contribution < 1.29 is 9.18 Å². The molecule has 46 heavy (non-hydrogen) atoms. The molecular formula is C35H35FN6O3S. The summed E-state index contributed by atoms with van der Waals surface area (Å²) >= 11 is 1.53. The Morgan fingerprint density at radius 3 is 2.74 bits per heavy atom. The van der Waals surface area contributed by atoms with Crippen LogP contribution in [0, 0.1) is 5.82 Å². The van der Waals surface area contributed by atoms with Gasteiger partial charge in [0, 0.05) is 48.1 Å². The maximum absolute atomic E-state index is 15.3. The van der Waals surface area contributed by atoms with Crippen molar-refractivity contribution in [2.75, 3.05) is 17.2 Å². The van der Waals surface area contributed by atoms with Crippen LogP contribution in [-0.4, -0.2) is 31.7 Å². The van der Waals surface area contributed by atoms with Crippen molar-refractivity contribution in [2.45, 2.75) is 51.9 Å². The zero-order valence-corrected chi connectivity index (χ0v) is 26.7. The predicted octanol–water partition coefficient (Wildman–Crippen LogP) is 6.48. The maximum atomic E-state index is 15.3. The van der Waals surface area contributed by atoms with E-state index in [0.717, 1.165) is 36.6 Å². The summed E-state index contributed by atoms with van der Waals surface area (Å²) in [6, 6.07) is 9.81. The van der Waals surface area contributed by atoms with E-state index in [2.05, 4.69) is 27.3 Å². The largest absolute Gasteiger partial charge is 0.370 e. The first-order valence-electron chi connectivity index (χ1n) is 15.5. The SMILES string of the molecule is C=CC(=O)CCCNc1cccc(Nc2cc(-c3cc(F)cc(-n4ncc5c6c(sc5c4=O)CCCC6)c3CC)cn(C)c2=O)n1. The van der Waals surface area contributed by atoms with Gasteiger partial charge in [-0.15, -0.1) is 11.3 Å². The molecule has 2 N–H and O–H groups in total. The lowest BCUT2D eigenvalue weighted by Gasteiger charge is -2.17. The third-order valence-corrected chi connectivity index (χ3v) is 9.61. The van der Waals surface area contributed by atoms with Crippen molar-refractivity contribution in [1.29, 1.82) is 0 Å². The molecule has 0 saturated heterocycles. The zero-order chi connectivity index (χ0) is 32.4. The minimum Gasteiger partial charge on any atom is -0.370 e. The highest BCUT2D eigenvalue weighted by atomic mass is 32.1. The van der Waals surface area contributed by atoms with Gasteiger partial charge in [0.15, 0.2) is 5.78 Å². The molecule has 0 fully saturated rings. The number of hydrogen-bond acceptors (Lipinski definition) is 8. The number of benzene rings is 1. The molecule has 1 aromatic carbocycles. The highest BCUT2D eigenvalue weighted by Crippen LogP contribution is 2.35. The summed E-state index contributed by atoms with van der Waals surface area (Å²) in [7, 11) is 1.64. The Morgan fingerprint density at radius 1 is 1.13 bits per heavy atom. The summed E-state index contributed by atoms with van der Waals surface area (Å²) in [5, 5.41) is 11.8. The maximum Gasteiger partial charge on any atom is 0.289 e. The van der Waals surface area contributed by atoms with E-state index in [1.807, 2.05) is 6.92 Å². The number of carbonyl (C=O) groups excluding carboxylic acids is 1. The van der Waals surface area contributed by atoms with Crippen LogP contribution in [0.5, 0.6) is 0 Å². The first kappa shape index (κ1) is 31.1. The van der Waals surface area contributed by atoms with Crippen LogP contribution in [0.3, 0.4) is 0 Å². The number of allylic oxidation sites excluding steroid dienone is 1. The van der Waals surface area contributed by atoms with Gasteiger partial charge in [0.25, 0.3) is 11.1 Å². The Bertz CT molecular complexity index is 2100. The number of anilines is 3. The molecule has 1 aliphatic carbocycles. The van der Waals surface area contributed by atoms with Crippen molar-refractivity contribution in [3.63, 3.8) is 0 Å². The average molecular weight is 639 g/mol. The Morgan fingerprint density at radius 2 is 1.93 bits per heavy atom. The number of fused-ring (bicyclic) bond motifs is 3. The monoisotopic (exact) mass is 638 g/mol. The third-order valence-electron chi connectivity index (χ3n) is 8.31. The quantitative estimate of drug-likeness (QED) is 0.126. The number of aryl methyl sites for hydroxylation is 3. The van der Waals surface area contributed by atoms with Crippen molar-refractivity contribution in [3.8, 4) is 16.8 Å². The topological polar surface area (TPSA) is 111 Å². The predicted molar refractivity (Wildman–Crippen MR) is 182 cm³/mol. The third kappa shape index (κ3) is 6.15. The van der Waals surface area contributed by atoms with Crippen LogP contribution in [0.4, 0.5) is 21.7 Å². The highest BCUT2D eigenvalue weighted by Gasteiger charge is 2.22. The van der Waals surface area contributed by atoms with E-state index < -0.39 is 5.82 Å². The number of halogens is 1. The fraction of sp³-hybridized carbons (Fsp3) is 0.286. The first-order chi connectivity index (χ1) is 22.3. The number of aromatic nitrogens is 4. The number of ketones is 1. The minimum atomic E-state index is -0.514. The summed E-state index contributed by atoms with van der Waals surface area (Å²) in [5.74, 6) is 0.510. The summed E-state index contributed by atoms with van der Waals surface area (Å²) in [4.78, 5) is 44.3. The van der Waals surface area contributed by atoms with Crippen LogP contribution < -0.4 is 21.8 Å². The lowest BCUT2D eigenvalue weighted by atomic mass is 9.96. The molecule has 0 aliphatic heterocycles. The highest BCUT2D eigenvalue weighted by molar-refractivity contribution is 7.19. The normalized spacial score (nSPS) is 12.6. The number of thiophene rings is 1. The first-order valence-corrected chi connectivity index (χ1v) is 16.3. The molecule has 1 aliphatic rings. The standard InChI is InChI=1S/C35H35FN6O3S/c1-4-23(43)10-9-15-37-31-13-8-14-32(40-31)39-28-16-21(20-41(3)34(28)44)26-17-22(36)18-29(24(26)5-2)42-35(45)33-27(19-38-42)25-11-6-7-12-30(25)46-33/h4,8,13-14,16-20H,1,5-7,9-12,15H2,2-3H3,(H2,37,39,40). The van der Waals surface area contributed by atoms with Crippen molar-refractivity contribution in [2.24, 2.45) is 7.05 Å². The van der Waals surface area contributed by atoms with Crippen molar-refractivity contribution in [3.05, 3.63) is 104 Å². The molecule has 5 aromatic rings. The van der Waals surface area contributed by atoms with E-state index in [0.29, 0.717) is 59.0 Å². The fourth-order valence-electron chi connectivity index (χ4n) is 6.03. The molecule has 6 rings (SSSR count). The number of nitrogens with one attached hydrogen (secondary N) is 2. The van der Waals surface area contributed by atoms with Crippen LogP contribution in [-0.2, 0) is 31.1 Å². The van der Waals surface area contributed by atoms with Crippen LogP contribution in [0.2, 0.25) is 0 Å². The number of pyridine rings is 2. The van der Waals surface area contributed by atoms with Gasteiger partial charge in [0.05, 0.1) is 11.9 Å². The van der Waals surface area contributed by atoms with Crippen molar-refractivity contribution in [1.82, 2.24) is 19.3 Å². The second kappa shape index (κ2) is 13.2. The summed E-state index contributed by atoms with van der Waals surface area (Å²) < 4.78 is 18.7. The van der Waals surface area contributed by atoms with E-state index in [1.165, 1.54) is 49.2 Å². The number of carbonyl (C=O) groups is 1.